The third-order valence-electron chi connectivity index (χ3n) is 5.74. The van der Waals surface area contributed by atoms with Gasteiger partial charge in [-0.2, -0.15) is 0 Å². The fourth-order valence-corrected chi connectivity index (χ4v) is 4.16. The van der Waals surface area contributed by atoms with Gasteiger partial charge in [0.25, 0.3) is 0 Å². The van der Waals surface area contributed by atoms with Crippen molar-refractivity contribution in [1.29, 1.82) is 0 Å². The highest BCUT2D eigenvalue weighted by molar-refractivity contribution is 5.88. The van der Waals surface area contributed by atoms with Crippen molar-refractivity contribution in [3.8, 4) is 0 Å². The van der Waals surface area contributed by atoms with Crippen LogP contribution in [0.3, 0.4) is 0 Å². The lowest BCUT2D eigenvalue weighted by molar-refractivity contribution is -0.137. The molecule has 2 N–H and O–H groups in total. The molecule has 3 aromatic carbocycles. The summed E-state index contributed by atoms with van der Waals surface area (Å²) in [6.45, 7) is 0.564. The largest absolute Gasteiger partial charge is 0.481 e. The number of hydrogen-bond acceptors (Lipinski definition) is 2. The Morgan fingerprint density at radius 2 is 1.33 bits per heavy atom. The number of rotatable bonds is 7. The zero-order valence-corrected chi connectivity index (χ0v) is 16.8. The van der Waals surface area contributed by atoms with Gasteiger partial charge < -0.3 is 10.4 Å². The smallest absolute Gasteiger partial charge is 0.303 e. The molecule has 0 radical (unpaired) electrons. The molecule has 152 valence electrons. The Morgan fingerprint density at radius 1 is 0.800 bits per heavy atom. The number of benzene rings is 3. The van der Waals surface area contributed by atoms with Crippen molar-refractivity contribution in [2.45, 2.75) is 31.6 Å². The molecule has 0 atom stereocenters. The predicted molar refractivity (Wildman–Crippen MR) is 117 cm³/mol. The summed E-state index contributed by atoms with van der Waals surface area (Å²) < 4.78 is 0. The quantitative estimate of drug-likeness (QED) is 0.629. The summed E-state index contributed by atoms with van der Waals surface area (Å²) >= 11 is 0. The van der Waals surface area contributed by atoms with Crippen LogP contribution in [0, 0.1) is 0 Å². The van der Waals surface area contributed by atoms with Crippen LogP contribution in [0.4, 0.5) is 0 Å². The van der Waals surface area contributed by atoms with Crippen molar-refractivity contribution in [3.63, 3.8) is 0 Å². The maximum atomic E-state index is 13.2. The lowest BCUT2D eigenvalue weighted by atomic mass is 9.77. The third-order valence-corrected chi connectivity index (χ3v) is 5.74. The van der Waals surface area contributed by atoms with E-state index in [9.17, 15) is 9.59 Å². The Morgan fingerprint density at radius 3 is 1.90 bits per heavy atom. The van der Waals surface area contributed by atoms with Gasteiger partial charge in [0.15, 0.2) is 0 Å². The molecule has 0 spiro atoms. The first kappa shape index (κ1) is 19.9. The SMILES string of the molecule is O=C(O)CCc1ccc(CCNC(=O)C2c3ccccc3Cc3ccccc32)cc1. The summed E-state index contributed by atoms with van der Waals surface area (Å²) in [5.41, 5.74) is 6.76. The number of carbonyl (C=O) groups excluding carboxylic acids is 1. The number of amides is 1. The monoisotopic (exact) mass is 399 g/mol. The minimum atomic E-state index is -0.785. The molecular formula is C26H25NO3. The van der Waals surface area contributed by atoms with E-state index in [0.29, 0.717) is 13.0 Å². The van der Waals surface area contributed by atoms with Crippen LogP contribution < -0.4 is 5.32 Å². The highest BCUT2D eigenvalue weighted by Gasteiger charge is 2.30. The molecule has 0 bridgehead atoms. The van der Waals surface area contributed by atoms with Crippen molar-refractivity contribution < 1.29 is 14.7 Å². The van der Waals surface area contributed by atoms with E-state index >= 15 is 0 Å². The maximum absolute atomic E-state index is 13.2. The second kappa shape index (κ2) is 8.95. The lowest BCUT2D eigenvalue weighted by Crippen LogP contribution is -2.33. The van der Waals surface area contributed by atoms with Gasteiger partial charge in [0.1, 0.15) is 0 Å². The van der Waals surface area contributed by atoms with E-state index in [1.54, 1.807) is 0 Å². The fourth-order valence-electron chi connectivity index (χ4n) is 4.16. The summed E-state index contributed by atoms with van der Waals surface area (Å²) in [7, 11) is 0. The van der Waals surface area contributed by atoms with Gasteiger partial charge in [-0.05, 0) is 52.6 Å². The van der Waals surface area contributed by atoms with E-state index < -0.39 is 5.97 Å². The van der Waals surface area contributed by atoms with Crippen LogP contribution in [-0.4, -0.2) is 23.5 Å². The second-order valence-electron chi connectivity index (χ2n) is 7.76. The van der Waals surface area contributed by atoms with Crippen molar-refractivity contribution in [3.05, 3.63) is 106 Å². The number of carboxylic acids is 1. The molecule has 1 aliphatic carbocycles. The van der Waals surface area contributed by atoms with Gasteiger partial charge in [-0.1, -0.05) is 72.8 Å². The Hall–Kier alpha value is -3.40. The van der Waals surface area contributed by atoms with Crippen molar-refractivity contribution >= 4 is 11.9 Å². The summed E-state index contributed by atoms with van der Waals surface area (Å²) in [6.07, 6.45) is 2.28. The number of carbonyl (C=O) groups is 2. The molecule has 4 rings (SSSR count). The van der Waals surface area contributed by atoms with E-state index in [-0.39, 0.29) is 18.2 Å². The number of nitrogens with one attached hydrogen (secondary N) is 1. The predicted octanol–water partition coefficient (Wildman–Crippen LogP) is 4.10. The molecule has 0 heterocycles. The summed E-state index contributed by atoms with van der Waals surface area (Å²) in [6, 6.07) is 24.3. The second-order valence-corrected chi connectivity index (χ2v) is 7.76. The molecule has 0 unspecified atom stereocenters. The van der Waals surface area contributed by atoms with Crippen LogP contribution in [0.15, 0.2) is 72.8 Å². The molecule has 0 aromatic heterocycles. The van der Waals surface area contributed by atoms with Crippen molar-refractivity contribution in [1.82, 2.24) is 5.32 Å². The van der Waals surface area contributed by atoms with E-state index in [1.807, 2.05) is 48.5 Å². The first-order chi connectivity index (χ1) is 14.6. The molecule has 0 fully saturated rings. The van der Waals surface area contributed by atoms with Gasteiger partial charge >= 0.3 is 5.97 Å². The van der Waals surface area contributed by atoms with Gasteiger partial charge in [0.05, 0.1) is 5.92 Å². The molecule has 1 aliphatic rings. The summed E-state index contributed by atoms with van der Waals surface area (Å²) in [5, 5.41) is 11.9. The Kier molecular flexibility index (Phi) is 5.94. The zero-order chi connectivity index (χ0) is 20.9. The highest BCUT2D eigenvalue weighted by Crippen LogP contribution is 2.36. The molecule has 3 aromatic rings. The Balaban J connectivity index is 1.41. The van der Waals surface area contributed by atoms with Crippen molar-refractivity contribution in [2.24, 2.45) is 0 Å². The fraction of sp³-hybridized carbons (Fsp3) is 0.231. The van der Waals surface area contributed by atoms with E-state index in [4.69, 9.17) is 5.11 Å². The van der Waals surface area contributed by atoms with Gasteiger partial charge in [0, 0.05) is 13.0 Å². The van der Waals surface area contributed by atoms with E-state index in [2.05, 4.69) is 29.6 Å². The van der Waals surface area contributed by atoms with Crippen LogP contribution in [0.1, 0.15) is 45.7 Å². The molecular weight excluding hydrogens is 374 g/mol. The van der Waals surface area contributed by atoms with Crippen LogP contribution in [-0.2, 0) is 28.9 Å². The standard InChI is InChI=1S/C26H25NO3/c28-24(29)14-13-18-9-11-19(12-10-18)15-16-27-26(30)25-22-7-3-1-5-20(22)17-21-6-2-4-8-23(21)25/h1-12,25H,13-17H2,(H,27,30)(H,28,29). The van der Waals surface area contributed by atoms with Gasteiger partial charge in [-0.25, -0.2) is 0 Å². The molecule has 0 aliphatic heterocycles. The summed E-state index contributed by atoms with van der Waals surface area (Å²) in [4.78, 5) is 23.8. The van der Waals surface area contributed by atoms with Gasteiger partial charge in [0.2, 0.25) is 5.91 Å². The highest BCUT2D eigenvalue weighted by atomic mass is 16.4. The zero-order valence-electron chi connectivity index (χ0n) is 16.8. The average molecular weight is 399 g/mol. The number of aliphatic carboxylic acids is 1. The molecule has 4 heteroatoms. The van der Waals surface area contributed by atoms with E-state index in [0.717, 1.165) is 35.1 Å². The van der Waals surface area contributed by atoms with Crippen LogP contribution in [0.5, 0.6) is 0 Å². The van der Waals surface area contributed by atoms with Gasteiger partial charge in [-0.3, -0.25) is 9.59 Å². The summed E-state index contributed by atoms with van der Waals surface area (Å²) in [5.74, 6) is -1.02. The van der Waals surface area contributed by atoms with E-state index in [1.165, 1.54) is 11.1 Å². The molecule has 1 amide bonds. The van der Waals surface area contributed by atoms with Gasteiger partial charge in [-0.15, -0.1) is 0 Å². The molecule has 0 saturated carbocycles. The third kappa shape index (κ3) is 4.43. The number of fused-ring (bicyclic) bond motifs is 2. The minimum Gasteiger partial charge on any atom is -0.481 e. The number of aryl methyl sites for hydroxylation is 1. The molecule has 0 saturated heterocycles. The normalized spacial score (nSPS) is 12.7. The lowest BCUT2D eigenvalue weighted by Gasteiger charge is -2.27. The Bertz CT molecular complexity index is 1010. The first-order valence-corrected chi connectivity index (χ1v) is 10.3. The van der Waals surface area contributed by atoms with Crippen molar-refractivity contribution in [2.75, 3.05) is 6.54 Å². The number of hydrogen-bond donors (Lipinski definition) is 2. The first-order valence-electron chi connectivity index (χ1n) is 10.3. The number of carboxylic acid groups (broad SMARTS) is 1. The topological polar surface area (TPSA) is 66.4 Å². The van der Waals surface area contributed by atoms with Crippen LogP contribution >= 0.6 is 0 Å². The maximum Gasteiger partial charge on any atom is 0.303 e. The molecule has 4 nitrogen and oxygen atoms in total. The molecule has 30 heavy (non-hydrogen) atoms. The Labute approximate surface area is 176 Å². The minimum absolute atomic E-state index is 0.0349. The average Bonchev–Trinajstić information content (AvgIpc) is 2.76. The van der Waals surface area contributed by atoms with Crippen LogP contribution in [0.25, 0.3) is 0 Å². The van der Waals surface area contributed by atoms with Crippen LogP contribution in [0.2, 0.25) is 0 Å².